The molecule has 101 heavy (non-hydrogen) atoms. The van der Waals surface area contributed by atoms with Crippen molar-refractivity contribution in [1.29, 1.82) is 0 Å². The van der Waals surface area contributed by atoms with Crippen molar-refractivity contribution in [3.05, 3.63) is 143 Å². The fraction of sp³-hybridized carbons (Fsp3) is 0.514. The number of allylic oxidation sites excluding steroid dienone is 2. The summed E-state index contributed by atoms with van der Waals surface area (Å²) in [4.78, 5) is 82.6. The number of piperazine rings is 2. The number of amides is 5. The first kappa shape index (κ1) is 78.0. The summed E-state index contributed by atoms with van der Waals surface area (Å²) in [5.41, 5.74) is 2.60. The van der Waals surface area contributed by atoms with Gasteiger partial charge in [0.25, 0.3) is 25.8 Å². The smallest absolute Gasteiger partial charge is 0.391 e. The first-order valence-corrected chi connectivity index (χ1v) is 39.6. The van der Waals surface area contributed by atoms with E-state index in [1.807, 2.05) is 73.2 Å². The minimum Gasteiger partial charge on any atom is -0.391 e. The van der Waals surface area contributed by atoms with Crippen LogP contribution in [-0.4, -0.2) is 184 Å². The molecule has 4 aromatic carbocycles. The number of rotatable bonds is 28. The third kappa shape index (κ3) is 20.4. The molecule has 0 bridgehead atoms. The molecule has 27 heteroatoms. The predicted octanol–water partition coefficient (Wildman–Crippen LogP) is 11.2. The lowest BCUT2D eigenvalue weighted by Crippen LogP contribution is -2.57. The number of carbonyl (C=O) groups is 5. The number of aromatic nitrogens is 1. The van der Waals surface area contributed by atoms with Gasteiger partial charge in [-0.15, -0.1) is 23.1 Å². The number of nitrogens with zero attached hydrogens (tertiary/aromatic N) is 6. The molecule has 5 N–H and O–H groups in total. The minimum absolute atomic E-state index is 0.0226. The number of β-amino-alcohol motifs (C(OH)–C–C–N with tert-alkyl or cyclic N) is 1. The third-order valence-corrected chi connectivity index (χ3v) is 24.5. The Morgan fingerprint density at radius 1 is 0.842 bits per heavy atom. The van der Waals surface area contributed by atoms with Crippen molar-refractivity contribution < 1.29 is 59.1 Å². The van der Waals surface area contributed by atoms with E-state index >= 15 is 0 Å². The molecule has 20 nitrogen and oxygen atoms in total. The highest BCUT2D eigenvalue weighted by atomic mass is 32.2. The second-order valence-electron chi connectivity index (χ2n) is 28.8. The van der Waals surface area contributed by atoms with Gasteiger partial charge in [0.15, 0.2) is 0 Å². The number of aryl methyl sites for hydroxylation is 1. The molecule has 3 aliphatic heterocycles. The number of alkyl halides is 3. The molecule has 3 saturated heterocycles. The Kier molecular flexibility index (Phi) is 25.9. The van der Waals surface area contributed by atoms with Crippen LogP contribution in [0.15, 0.2) is 141 Å². The van der Waals surface area contributed by atoms with Gasteiger partial charge in [0.2, 0.25) is 23.6 Å². The maximum Gasteiger partial charge on any atom is 0.501 e. The highest BCUT2D eigenvalue weighted by Crippen LogP contribution is 2.43. The van der Waals surface area contributed by atoms with E-state index in [9.17, 15) is 59.1 Å². The fourth-order valence-corrected chi connectivity index (χ4v) is 17.3. The maximum atomic E-state index is 14.6. The van der Waals surface area contributed by atoms with E-state index < -0.39 is 100 Å². The summed E-state index contributed by atoms with van der Waals surface area (Å²) in [6.07, 6.45) is 4.72. The maximum absolute atomic E-state index is 14.6. The second-order valence-corrected chi connectivity index (χ2v) is 34.4. The number of hydrogen-bond donors (Lipinski definition) is 5. The normalized spacial score (nSPS) is 19.0. The van der Waals surface area contributed by atoms with Crippen molar-refractivity contribution in [1.82, 2.24) is 39.9 Å². The molecular weight excluding hydrogens is 1370 g/mol. The van der Waals surface area contributed by atoms with Crippen LogP contribution in [0.2, 0.25) is 0 Å². The number of sulfonamides is 1. The van der Waals surface area contributed by atoms with Crippen LogP contribution < -0.4 is 25.6 Å². The lowest BCUT2D eigenvalue weighted by Gasteiger charge is -2.39. The number of thiazole rings is 1. The molecule has 0 saturated carbocycles. The van der Waals surface area contributed by atoms with E-state index in [-0.39, 0.29) is 61.3 Å². The van der Waals surface area contributed by atoms with Crippen molar-refractivity contribution in [2.24, 2.45) is 10.8 Å². The van der Waals surface area contributed by atoms with E-state index in [0.717, 1.165) is 109 Å². The molecule has 1 aromatic heterocycles. The van der Waals surface area contributed by atoms with Crippen LogP contribution in [0, 0.1) is 17.8 Å². The molecule has 0 spiro atoms. The summed E-state index contributed by atoms with van der Waals surface area (Å²) in [6.45, 7) is 26.2. The number of hydrogen-bond acceptors (Lipinski definition) is 17. The number of carbonyl (C=O) groups excluding carboxylic acids is 5. The molecule has 5 amide bonds. The Hall–Kier alpha value is -7.14. The van der Waals surface area contributed by atoms with Crippen LogP contribution >= 0.6 is 23.1 Å². The lowest BCUT2D eigenvalue weighted by molar-refractivity contribution is -0.144. The highest BCUT2D eigenvalue weighted by molar-refractivity contribution is 7.99. The Bertz CT molecular complexity index is 4020. The van der Waals surface area contributed by atoms with Crippen molar-refractivity contribution in [3.63, 3.8) is 0 Å². The summed E-state index contributed by atoms with van der Waals surface area (Å²) in [5.74, 6) is -2.41. The zero-order chi connectivity index (χ0) is 73.2. The van der Waals surface area contributed by atoms with Crippen LogP contribution in [0.25, 0.3) is 10.4 Å². The summed E-state index contributed by atoms with van der Waals surface area (Å²) in [7, 11) is -11.1. The van der Waals surface area contributed by atoms with E-state index in [1.165, 1.54) is 45.5 Å². The number of benzene rings is 4. The largest absolute Gasteiger partial charge is 0.501 e. The third-order valence-electron chi connectivity index (χ3n) is 19.5. The molecule has 9 rings (SSSR count). The molecule has 4 aliphatic rings. The first-order chi connectivity index (χ1) is 47.7. The summed E-state index contributed by atoms with van der Waals surface area (Å²) < 4.78 is 100. The zero-order valence-electron chi connectivity index (χ0n) is 59.0. The molecule has 4 heterocycles. The monoisotopic (exact) mass is 1470 g/mol. The van der Waals surface area contributed by atoms with Gasteiger partial charge in [0.1, 0.15) is 17.0 Å². The van der Waals surface area contributed by atoms with Gasteiger partial charge in [-0.25, -0.2) is 26.5 Å². The molecule has 3 fully saturated rings. The number of nitrogens with one attached hydrogen (secondary N) is 4. The average Bonchev–Trinajstić information content (AvgIpc) is 1.67. The number of likely N-dealkylation sites (tertiary alicyclic amines) is 1. The van der Waals surface area contributed by atoms with E-state index in [1.54, 1.807) is 54.7 Å². The van der Waals surface area contributed by atoms with E-state index in [4.69, 9.17) is 0 Å². The fourth-order valence-electron chi connectivity index (χ4n) is 13.5. The predicted molar refractivity (Wildman–Crippen MR) is 391 cm³/mol. The molecular formula is C74H97F3N10O10S4. The Morgan fingerprint density at radius 2 is 1.51 bits per heavy atom. The van der Waals surface area contributed by atoms with Crippen molar-refractivity contribution in [2.45, 2.75) is 170 Å². The van der Waals surface area contributed by atoms with Gasteiger partial charge in [-0.3, -0.25) is 33.8 Å². The molecule has 5 aromatic rings. The first-order valence-electron chi connectivity index (χ1n) is 34.7. The minimum atomic E-state index is -6.19. The summed E-state index contributed by atoms with van der Waals surface area (Å²) in [5, 5.41) is 19.6. The van der Waals surface area contributed by atoms with E-state index in [0.29, 0.717) is 38.8 Å². The molecule has 0 unspecified atom stereocenters. The van der Waals surface area contributed by atoms with Gasteiger partial charge in [-0.2, -0.15) is 13.2 Å². The second kappa shape index (κ2) is 33.5. The van der Waals surface area contributed by atoms with Crippen molar-refractivity contribution >= 4 is 83.9 Å². The number of aliphatic hydroxyl groups excluding tert-OH is 1. The van der Waals surface area contributed by atoms with Gasteiger partial charge in [0.05, 0.1) is 38.8 Å². The molecule has 5 atom stereocenters. The van der Waals surface area contributed by atoms with Crippen molar-refractivity contribution in [2.75, 3.05) is 88.0 Å². The summed E-state index contributed by atoms with van der Waals surface area (Å²) >= 11 is 2.92. The Labute approximate surface area is 601 Å². The van der Waals surface area contributed by atoms with Gasteiger partial charge >= 0.3 is 5.51 Å². The Balaban J connectivity index is 0.768. The van der Waals surface area contributed by atoms with Crippen LogP contribution in [-0.2, 0) is 39.0 Å². The number of halogens is 3. The number of sulfone groups is 1. The average molecular weight is 1470 g/mol. The number of anilines is 2. The van der Waals surface area contributed by atoms with Gasteiger partial charge < -0.3 is 35.8 Å². The zero-order valence-corrected chi connectivity index (χ0v) is 62.3. The number of aliphatic hydroxyl groups is 1. The van der Waals surface area contributed by atoms with Gasteiger partial charge in [-0.1, -0.05) is 108 Å². The summed E-state index contributed by atoms with van der Waals surface area (Å²) in [6, 6.07) is 22.5. The van der Waals surface area contributed by atoms with Crippen LogP contribution in [0.5, 0.6) is 0 Å². The van der Waals surface area contributed by atoms with Crippen LogP contribution in [0.4, 0.5) is 24.5 Å². The SMILES string of the molecule is C=C(CCC)C1=C(CN2CCN(c3ccc(C(=O)NS(=O)(=O)c4ccc(N[C@H](CCN5CCN(C(=O)CCCC(=O)N[C@H](C(=O)N6C[C@@H](O)C[C@@H]6C(=O)N[C@H](C)c6ccc(-c7scnc7C)cc6)C(C)(C)C)CC5)CSc5ccccc5)c(S(=O)(=O)C(F)(F)F)c4)cc3)CC2)CCC(C)(C)C1. The highest BCUT2D eigenvalue weighted by Gasteiger charge is 2.49. The van der Waals surface area contributed by atoms with Gasteiger partial charge in [0, 0.05) is 119 Å². The Morgan fingerprint density at radius 3 is 2.15 bits per heavy atom. The van der Waals surface area contributed by atoms with Gasteiger partial charge in [-0.05, 0) is 134 Å². The van der Waals surface area contributed by atoms with Crippen LogP contribution in [0.1, 0.15) is 140 Å². The van der Waals surface area contributed by atoms with Crippen LogP contribution in [0.3, 0.4) is 0 Å². The van der Waals surface area contributed by atoms with E-state index in [2.05, 4.69) is 63.0 Å². The van der Waals surface area contributed by atoms with Crippen molar-refractivity contribution in [3.8, 4) is 10.4 Å². The standard InChI is InChI=1S/C74H97F3N10O10S4/c1-10-15-49(2)61-44-73(8,9)32-30-55(61)45-84-36-38-85(39-37-84)57-26-24-54(25-27-57)69(91)82-101(96,97)60-28-29-62(64(43-60)100(94,95)74(75,76)77)80-56(47-98-59-16-12-11-13-17-59)31-33-83-34-40-86(41-35-83)66(90)19-14-18-65(89)81-68(72(5,6)7)71(93)87-46-58(88)42-63(87)70(92)79-50(3)52-20-22-53(23-21-52)67-51(4)78-48-99-67/h11-13,16-17,20-29,43,48,50,56,58,63,68,80,88H,2,10,14-15,18-19,30-42,44-47H2,1,3-9H3,(H,79,92)(H,81,89)(H,82,91)/t50-,56-,58+,63-,68-/m1/s1. The lowest BCUT2D eigenvalue weighted by atomic mass is 9.72. The number of thioether (sulfide) groups is 1. The molecule has 0 radical (unpaired) electrons. The molecule has 548 valence electrons. The quantitative estimate of drug-likeness (QED) is 0.0292. The topological polar surface area (TPSA) is 251 Å². The molecule has 1 aliphatic carbocycles.